The number of urea groups is 1. The Hall–Kier alpha value is -0.910. The van der Waals surface area contributed by atoms with Crippen LogP contribution in [0.25, 0.3) is 0 Å². The highest BCUT2D eigenvalue weighted by atomic mass is 32.2. The Morgan fingerprint density at radius 3 is 2.48 bits per heavy atom. The smallest absolute Gasteiger partial charge is 0.317 e. The van der Waals surface area contributed by atoms with Crippen molar-refractivity contribution in [2.75, 3.05) is 24.6 Å². The Labute approximate surface area is 129 Å². The lowest BCUT2D eigenvalue weighted by Gasteiger charge is -2.35. The number of nitrogens with zero attached hydrogens (tertiary/aromatic N) is 1. The van der Waals surface area contributed by atoms with Crippen molar-refractivity contribution >= 4 is 23.8 Å². The van der Waals surface area contributed by atoms with E-state index in [1.54, 1.807) is 16.7 Å². The van der Waals surface area contributed by atoms with E-state index in [2.05, 4.69) is 5.32 Å². The van der Waals surface area contributed by atoms with Gasteiger partial charge in [0.2, 0.25) is 0 Å². The average Bonchev–Trinajstić information content (AvgIpc) is 3.32. The van der Waals surface area contributed by atoms with E-state index in [0.717, 1.165) is 29.9 Å². The van der Waals surface area contributed by atoms with Crippen LogP contribution in [0, 0.1) is 17.8 Å². The van der Waals surface area contributed by atoms with E-state index in [9.17, 15) is 9.59 Å². The fourth-order valence-electron chi connectivity index (χ4n) is 3.37. The zero-order valence-electron chi connectivity index (χ0n) is 12.3. The van der Waals surface area contributed by atoms with Crippen LogP contribution in [0.4, 0.5) is 4.79 Å². The van der Waals surface area contributed by atoms with Gasteiger partial charge in [-0.15, -0.1) is 0 Å². The number of nitrogens with one attached hydrogen (secondary N) is 1. The Kier molecular flexibility index (Phi) is 4.62. The molecular weight excluding hydrogens is 288 g/mol. The predicted molar refractivity (Wildman–Crippen MR) is 82.4 cm³/mol. The van der Waals surface area contributed by atoms with Crippen LogP contribution in [0.3, 0.4) is 0 Å². The van der Waals surface area contributed by atoms with Gasteiger partial charge in [-0.25, -0.2) is 4.79 Å². The Bertz CT molecular complexity index is 398. The molecule has 3 rings (SSSR count). The fourth-order valence-corrected chi connectivity index (χ4v) is 4.43. The highest BCUT2D eigenvalue weighted by molar-refractivity contribution is 7.99. The lowest BCUT2D eigenvalue weighted by Crippen LogP contribution is -2.52. The fraction of sp³-hybridized carbons (Fsp3) is 0.867. The molecule has 21 heavy (non-hydrogen) atoms. The normalized spacial score (nSPS) is 26.0. The molecule has 1 unspecified atom stereocenters. The summed E-state index contributed by atoms with van der Waals surface area (Å²) in [6.07, 6.45) is 5.32. The van der Waals surface area contributed by atoms with Gasteiger partial charge in [-0.1, -0.05) is 0 Å². The minimum absolute atomic E-state index is 0.0507. The van der Waals surface area contributed by atoms with Gasteiger partial charge in [-0.3, -0.25) is 4.79 Å². The van der Waals surface area contributed by atoms with Gasteiger partial charge in [0.1, 0.15) is 0 Å². The molecule has 0 bridgehead atoms. The summed E-state index contributed by atoms with van der Waals surface area (Å²) in [7, 11) is 0. The summed E-state index contributed by atoms with van der Waals surface area (Å²) in [5, 5.41) is 12.1. The van der Waals surface area contributed by atoms with Crippen molar-refractivity contribution in [3.05, 3.63) is 0 Å². The summed E-state index contributed by atoms with van der Waals surface area (Å²) in [4.78, 5) is 25.1. The van der Waals surface area contributed by atoms with Gasteiger partial charge in [0.25, 0.3) is 0 Å². The molecule has 2 aliphatic carbocycles. The van der Waals surface area contributed by atoms with Gasteiger partial charge in [0, 0.05) is 24.6 Å². The molecule has 0 aromatic rings. The van der Waals surface area contributed by atoms with E-state index in [1.807, 2.05) is 0 Å². The van der Waals surface area contributed by atoms with Crippen molar-refractivity contribution < 1.29 is 14.7 Å². The van der Waals surface area contributed by atoms with E-state index in [0.29, 0.717) is 12.5 Å². The maximum Gasteiger partial charge on any atom is 0.317 e. The van der Waals surface area contributed by atoms with E-state index < -0.39 is 5.97 Å². The second-order valence-electron chi connectivity index (χ2n) is 6.54. The molecule has 0 aromatic heterocycles. The number of hydrogen-bond acceptors (Lipinski definition) is 3. The third kappa shape index (κ3) is 4.05. The summed E-state index contributed by atoms with van der Waals surface area (Å²) in [6, 6.07) is -0.227. The molecular formula is C15H24N2O3S. The minimum Gasteiger partial charge on any atom is -0.481 e. The first kappa shape index (κ1) is 15.0. The van der Waals surface area contributed by atoms with Gasteiger partial charge in [-0.2, -0.15) is 11.8 Å². The maximum absolute atomic E-state index is 12.4. The molecule has 6 heteroatoms. The van der Waals surface area contributed by atoms with E-state index >= 15 is 0 Å². The topological polar surface area (TPSA) is 69.6 Å². The average molecular weight is 312 g/mol. The van der Waals surface area contributed by atoms with Crippen LogP contribution in [0.5, 0.6) is 0 Å². The van der Waals surface area contributed by atoms with Crippen molar-refractivity contribution in [3.63, 3.8) is 0 Å². The largest absolute Gasteiger partial charge is 0.481 e. The molecule has 2 amide bonds. The van der Waals surface area contributed by atoms with Crippen molar-refractivity contribution in [1.82, 2.24) is 10.2 Å². The number of hydrogen-bond donors (Lipinski definition) is 2. The first-order valence-electron chi connectivity index (χ1n) is 7.99. The number of thioether (sulfide) groups is 1. The molecule has 3 fully saturated rings. The second kappa shape index (κ2) is 6.46. The number of aliphatic carboxylic acids is 1. The van der Waals surface area contributed by atoms with Gasteiger partial charge in [-0.05, 0) is 43.4 Å². The number of carboxylic acids is 1. The highest BCUT2D eigenvalue weighted by Crippen LogP contribution is 2.48. The van der Waals surface area contributed by atoms with Crippen LogP contribution in [-0.2, 0) is 4.79 Å². The number of carbonyl (C=O) groups is 2. The standard InChI is InChI=1S/C15H24N2O3S/c18-14(19)7-12-9-21-6-5-17(12)15(20)16-8-13(10-1-2-10)11-3-4-11/h10-13H,1-9H2,(H,16,20)(H,18,19). The Morgan fingerprint density at radius 2 is 1.90 bits per heavy atom. The van der Waals surface area contributed by atoms with Crippen molar-refractivity contribution in [1.29, 1.82) is 0 Å². The molecule has 1 saturated heterocycles. The van der Waals surface area contributed by atoms with Crippen LogP contribution in [0.2, 0.25) is 0 Å². The summed E-state index contributed by atoms with van der Waals surface area (Å²) in [5.41, 5.74) is 0. The van der Waals surface area contributed by atoms with E-state index in [1.165, 1.54) is 25.7 Å². The zero-order valence-corrected chi connectivity index (χ0v) is 13.1. The van der Waals surface area contributed by atoms with Crippen LogP contribution < -0.4 is 5.32 Å². The number of carbonyl (C=O) groups excluding carboxylic acids is 1. The molecule has 118 valence electrons. The van der Waals surface area contributed by atoms with Crippen molar-refractivity contribution in [2.45, 2.75) is 38.1 Å². The molecule has 0 spiro atoms. The third-order valence-corrected chi connectivity index (χ3v) is 5.93. The van der Waals surface area contributed by atoms with Crippen LogP contribution in [0.1, 0.15) is 32.1 Å². The summed E-state index contributed by atoms with van der Waals surface area (Å²) in [6.45, 7) is 1.43. The first-order chi connectivity index (χ1) is 10.1. The van der Waals surface area contributed by atoms with Crippen LogP contribution in [0.15, 0.2) is 0 Å². The van der Waals surface area contributed by atoms with Crippen LogP contribution >= 0.6 is 11.8 Å². The van der Waals surface area contributed by atoms with E-state index in [4.69, 9.17) is 5.11 Å². The molecule has 2 N–H and O–H groups in total. The molecule has 5 nitrogen and oxygen atoms in total. The molecule has 2 saturated carbocycles. The molecule has 1 atom stereocenters. The summed E-state index contributed by atoms with van der Waals surface area (Å²) < 4.78 is 0. The monoisotopic (exact) mass is 312 g/mol. The second-order valence-corrected chi connectivity index (χ2v) is 7.69. The van der Waals surface area contributed by atoms with Crippen molar-refractivity contribution in [2.24, 2.45) is 17.8 Å². The quantitative estimate of drug-likeness (QED) is 0.787. The first-order valence-corrected chi connectivity index (χ1v) is 9.14. The predicted octanol–water partition coefficient (Wildman–Crippen LogP) is 2.02. The summed E-state index contributed by atoms with van der Waals surface area (Å²) >= 11 is 1.74. The van der Waals surface area contributed by atoms with Crippen molar-refractivity contribution in [3.8, 4) is 0 Å². The van der Waals surface area contributed by atoms with Gasteiger partial charge >= 0.3 is 12.0 Å². The zero-order chi connectivity index (χ0) is 14.8. The molecule has 0 aromatic carbocycles. The molecule has 0 radical (unpaired) electrons. The lowest BCUT2D eigenvalue weighted by molar-refractivity contribution is -0.137. The maximum atomic E-state index is 12.4. The minimum atomic E-state index is -0.825. The Balaban J connectivity index is 1.51. The SMILES string of the molecule is O=C(O)CC1CSCCN1C(=O)NCC(C1CC1)C1CC1. The number of rotatable bonds is 6. The number of amides is 2. The van der Waals surface area contributed by atoms with E-state index in [-0.39, 0.29) is 18.5 Å². The molecule has 3 aliphatic rings. The van der Waals surface area contributed by atoms with Gasteiger partial charge in [0.05, 0.1) is 12.5 Å². The van der Waals surface area contributed by atoms with Gasteiger partial charge < -0.3 is 15.3 Å². The van der Waals surface area contributed by atoms with Gasteiger partial charge in [0.15, 0.2) is 0 Å². The summed E-state index contributed by atoms with van der Waals surface area (Å²) in [5.74, 6) is 3.11. The lowest BCUT2D eigenvalue weighted by atomic mass is 9.98. The van der Waals surface area contributed by atoms with Crippen LogP contribution in [-0.4, -0.2) is 52.6 Å². The Morgan fingerprint density at radius 1 is 1.24 bits per heavy atom. The molecule has 1 aliphatic heterocycles. The third-order valence-electron chi connectivity index (χ3n) is 4.84. The number of carboxylic acid groups (broad SMARTS) is 1. The highest BCUT2D eigenvalue weighted by Gasteiger charge is 2.41. The molecule has 1 heterocycles.